The predicted molar refractivity (Wildman–Crippen MR) is 110 cm³/mol. The zero-order valence-corrected chi connectivity index (χ0v) is 16.4. The van der Waals surface area contributed by atoms with Gasteiger partial charge in [-0.05, 0) is 19.9 Å². The molecule has 1 fully saturated rings. The van der Waals surface area contributed by atoms with E-state index in [0.29, 0.717) is 5.95 Å². The minimum absolute atomic E-state index is 0.202. The Labute approximate surface area is 165 Å². The molecule has 28 heavy (non-hydrogen) atoms. The van der Waals surface area contributed by atoms with Crippen molar-refractivity contribution >= 4 is 5.82 Å². The fraction of sp³-hybridized carbons (Fsp3) is 0.381. The number of hydrogen-bond donors (Lipinski definition) is 1. The highest BCUT2D eigenvalue weighted by molar-refractivity contribution is 5.64. The Hall–Kier alpha value is -2.77. The number of benzene rings is 1. The largest absolute Gasteiger partial charge is 0.395 e. The van der Waals surface area contributed by atoms with Gasteiger partial charge in [-0.2, -0.15) is 10.1 Å². The third-order valence-electron chi connectivity index (χ3n) is 5.08. The number of piperazine rings is 1. The Morgan fingerprint density at radius 3 is 2.36 bits per heavy atom. The summed E-state index contributed by atoms with van der Waals surface area (Å²) in [4.78, 5) is 14.2. The van der Waals surface area contributed by atoms with Crippen LogP contribution in [0, 0.1) is 13.8 Å². The number of anilines is 1. The van der Waals surface area contributed by atoms with E-state index in [1.54, 1.807) is 0 Å². The van der Waals surface area contributed by atoms with Crippen LogP contribution in [-0.2, 0) is 0 Å². The lowest BCUT2D eigenvalue weighted by molar-refractivity contribution is 0.188. The quantitative estimate of drug-likeness (QED) is 0.733. The first-order valence-electron chi connectivity index (χ1n) is 9.70. The lowest BCUT2D eigenvalue weighted by Gasteiger charge is -2.35. The molecule has 0 unspecified atom stereocenters. The second-order valence-electron chi connectivity index (χ2n) is 7.17. The molecule has 7 nitrogen and oxygen atoms in total. The number of β-amino-alcohol motifs (C(OH)–C–C–N with tert-alkyl or cyclic N) is 1. The van der Waals surface area contributed by atoms with E-state index in [2.05, 4.69) is 33.1 Å². The minimum atomic E-state index is 0.202. The van der Waals surface area contributed by atoms with Crippen molar-refractivity contribution in [2.24, 2.45) is 0 Å². The van der Waals surface area contributed by atoms with E-state index in [9.17, 15) is 0 Å². The molecule has 1 aliphatic heterocycles. The van der Waals surface area contributed by atoms with E-state index in [0.717, 1.165) is 61.2 Å². The molecule has 0 bridgehead atoms. The summed E-state index contributed by atoms with van der Waals surface area (Å²) in [6.45, 7) is 8.51. The lowest BCUT2D eigenvalue weighted by atomic mass is 10.1. The van der Waals surface area contributed by atoms with Gasteiger partial charge in [0.25, 0.3) is 5.95 Å². The molecule has 1 aliphatic rings. The van der Waals surface area contributed by atoms with Gasteiger partial charge in [0.05, 0.1) is 18.0 Å². The zero-order chi connectivity index (χ0) is 19.5. The molecule has 0 radical (unpaired) electrons. The molecule has 0 saturated carbocycles. The number of aryl methyl sites for hydroxylation is 2. The summed E-state index contributed by atoms with van der Waals surface area (Å²) in [5, 5.41) is 13.7. The van der Waals surface area contributed by atoms with Gasteiger partial charge in [0.1, 0.15) is 5.82 Å². The molecule has 1 N–H and O–H groups in total. The van der Waals surface area contributed by atoms with Crippen molar-refractivity contribution in [3.63, 3.8) is 0 Å². The lowest BCUT2D eigenvalue weighted by Crippen LogP contribution is -2.47. The summed E-state index contributed by atoms with van der Waals surface area (Å²) in [7, 11) is 0. The second kappa shape index (κ2) is 8.08. The molecule has 0 aliphatic carbocycles. The van der Waals surface area contributed by atoms with Gasteiger partial charge in [0.2, 0.25) is 0 Å². The SMILES string of the molecule is Cc1cc(C)n(-c2nc(-c3ccccc3)cc(N3CCN(CCO)CC3)n2)n1. The number of hydrogen-bond acceptors (Lipinski definition) is 6. The van der Waals surface area contributed by atoms with Crippen LogP contribution in [0.4, 0.5) is 5.82 Å². The average Bonchev–Trinajstić information content (AvgIpc) is 3.07. The minimum Gasteiger partial charge on any atom is -0.395 e. The van der Waals surface area contributed by atoms with Crippen molar-refractivity contribution in [2.45, 2.75) is 13.8 Å². The van der Waals surface area contributed by atoms with Crippen LogP contribution in [0.1, 0.15) is 11.4 Å². The highest BCUT2D eigenvalue weighted by atomic mass is 16.3. The molecular formula is C21H26N6O. The van der Waals surface area contributed by atoms with Crippen LogP contribution in [0.2, 0.25) is 0 Å². The topological polar surface area (TPSA) is 70.3 Å². The maximum atomic E-state index is 9.17. The van der Waals surface area contributed by atoms with Gasteiger partial charge in [-0.3, -0.25) is 4.90 Å². The van der Waals surface area contributed by atoms with Crippen LogP contribution in [0.3, 0.4) is 0 Å². The molecule has 4 rings (SSSR count). The first-order valence-corrected chi connectivity index (χ1v) is 9.70. The van der Waals surface area contributed by atoms with Gasteiger partial charge in [-0.15, -0.1) is 0 Å². The molecule has 1 saturated heterocycles. The number of aliphatic hydroxyl groups is 1. The summed E-state index contributed by atoms with van der Waals surface area (Å²) in [6.07, 6.45) is 0. The maximum absolute atomic E-state index is 9.17. The number of aromatic nitrogens is 4. The van der Waals surface area contributed by atoms with Crippen molar-refractivity contribution in [1.29, 1.82) is 0 Å². The standard InChI is InChI=1S/C21H26N6O/c1-16-14-17(2)27(24-16)21-22-19(18-6-4-3-5-7-18)15-20(23-21)26-10-8-25(9-11-26)12-13-28/h3-7,14-15,28H,8-13H2,1-2H3. The smallest absolute Gasteiger partial charge is 0.253 e. The summed E-state index contributed by atoms with van der Waals surface area (Å²) < 4.78 is 1.81. The van der Waals surface area contributed by atoms with Crippen molar-refractivity contribution in [1.82, 2.24) is 24.6 Å². The Kier molecular flexibility index (Phi) is 5.36. The monoisotopic (exact) mass is 378 g/mol. The van der Waals surface area contributed by atoms with Gasteiger partial charge in [-0.1, -0.05) is 30.3 Å². The molecule has 0 amide bonds. The molecule has 1 aromatic carbocycles. The number of nitrogens with zero attached hydrogens (tertiary/aromatic N) is 6. The third-order valence-corrected chi connectivity index (χ3v) is 5.08. The van der Waals surface area contributed by atoms with E-state index in [1.807, 2.05) is 42.8 Å². The summed E-state index contributed by atoms with van der Waals surface area (Å²) in [5.74, 6) is 1.51. The van der Waals surface area contributed by atoms with Crippen LogP contribution in [0.5, 0.6) is 0 Å². The maximum Gasteiger partial charge on any atom is 0.253 e. The van der Waals surface area contributed by atoms with Gasteiger partial charge in [-0.25, -0.2) is 9.67 Å². The van der Waals surface area contributed by atoms with Gasteiger partial charge in [0.15, 0.2) is 0 Å². The van der Waals surface area contributed by atoms with Crippen molar-refractivity contribution in [3.8, 4) is 17.2 Å². The van der Waals surface area contributed by atoms with E-state index in [4.69, 9.17) is 15.1 Å². The third kappa shape index (κ3) is 3.90. The molecule has 146 valence electrons. The molecule has 0 atom stereocenters. The molecule has 2 aromatic heterocycles. The highest BCUT2D eigenvalue weighted by Gasteiger charge is 2.20. The molecule has 7 heteroatoms. The zero-order valence-electron chi connectivity index (χ0n) is 16.4. The van der Waals surface area contributed by atoms with Crippen molar-refractivity contribution in [2.75, 3.05) is 44.2 Å². The molecule has 0 spiro atoms. The number of aliphatic hydroxyl groups excluding tert-OH is 1. The van der Waals surface area contributed by atoms with E-state index in [1.165, 1.54) is 0 Å². The van der Waals surface area contributed by atoms with Crippen molar-refractivity contribution < 1.29 is 5.11 Å². The Bertz CT molecular complexity index is 931. The fourth-order valence-corrected chi connectivity index (χ4v) is 3.61. The van der Waals surface area contributed by atoms with E-state index in [-0.39, 0.29) is 6.61 Å². The van der Waals surface area contributed by atoms with Gasteiger partial charge >= 0.3 is 0 Å². The second-order valence-corrected chi connectivity index (χ2v) is 7.17. The molecule has 3 heterocycles. The summed E-state index contributed by atoms with van der Waals surface area (Å²) >= 11 is 0. The predicted octanol–water partition coefficient (Wildman–Crippen LogP) is 2.06. The normalized spacial score (nSPS) is 15.2. The van der Waals surface area contributed by atoms with Crippen LogP contribution >= 0.6 is 0 Å². The van der Waals surface area contributed by atoms with Crippen molar-refractivity contribution in [3.05, 3.63) is 53.9 Å². The summed E-state index contributed by atoms with van der Waals surface area (Å²) in [5.41, 5.74) is 3.92. The Morgan fingerprint density at radius 2 is 1.71 bits per heavy atom. The molecule has 3 aromatic rings. The van der Waals surface area contributed by atoms with Gasteiger partial charge in [0, 0.05) is 50.0 Å². The fourth-order valence-electron chi connectivity index (χ4n) is 3.61. The molecular weight excluding hydrogens is 352 g/mol. The van der Waals surface area contributed by atoms with E-state index < -0.39 is 0 Å². The highest BCUT2D eigenvalue weighted by Crippen LogP contribution is 2.24. The number of rotatable bonds is 5. The van der Waals surface area contributed by atoms with E-state index >= 15 is 0 Å². The van der Waals surface area contributed by atoms with Crippen LogP contribution in [-0.4, -0.2) is 69.1 Å². The van der Waals surface area contributed by atoms with Crippen LogP contribution in [0.15, 0.2) is 42.5 Å². The van der Waals surface area contributed by atoms with Gasteiger partial charge < -0.3 is 10.0 Å². The Balaban J connectivity index is 1.72. The Morgan fingerprint density at radius 1 is 0.964 bits per heavy atom. The first-order chi connectivity index (χ1) is 13.6. The van der Waals surface area contributed by atoms with Crippen LogP contribution in [0.25, 0.3) is 17.2 Å². The van der Waals surface area contributed by atoms with Crippen LogP contribution < -0.4 is 4.90 Å². The summed E-state index contributed by atoms with van der Waals surface area (Å²) in [6, 6.07) is 14.3. The first kappa shape index (κ1) is 18.6. The average molecular weight is 378 g/mol.